The molecule has 0 aliphatic rings. The van der Waals surface area contributed by atoms with Crippen molar-refractivity contribution in [1.82, 2.24) is 4.57 Å². The van der Waals surface area contributed by atoms with Crippen LogP contribution in [0, 0.1) is 0 Å². The summed E-state index contributed by atoms with van der Waals surface area (Å²) >= 11 is 0. The highest BCUT2D eigenvalue weighted by Crippen LogP contribution is 2.22. The molecule has 0 saturated carbocycles. The van der Waals surface area contributed by atoms with Gasteiger partial charge in [0.15, 0.2) is 0 Å². The van der Waals surface area contributed by atoms with Gasteiger partial charge in [-0.2, -0.15) is 0 Å². The molecule has 0 bridgehead atoms. The summed E-state index contributed by atoms with van der Waals surface area (Å²) in [6.45, 7) is 2.00. The average Bonchev–Trinajstić information content (AvgIpc) is 2.76. The minimum absolute atomic E-state index is 0.0969. The lowest BCUT2D eigenvalue weighted by molar-refractivity contribution is -0.144. The van der Waals surface area contributed by atoms with Crippen LogP contribution in [0.5, 0.6) is 0 Å². The molecular formula is C14H15NO4. The molecule has 1 N–H and O–H groups in total. The van der Waals surface area contributed by atoms with E-state index in [1.807, 2.05) is 19.1 Å². The number of esters is 1. The fourth-order valence-electron chi connectivity index (χ4n) is 1.96. The third-order valence-electron chi connectivity index (χ3n) is 2.84. The van der Waals surface area contributed by atoms with Crippen molar-refractivity contribution in [2.24, 2.45) is 0 Å². The van der Waals surface area contributed by atoms with Crippen molar-refractivity contribution in [1.29, 1.82) is 0 Å². The van der Waals surface area contributed by atoms with Gasteiger partial charge in [0.1, 0.15) is 6.61 Å². The Hall–Kier alpha value is -2.30. The number of carbonyl (C=O) groups is 2. The second-order valence-corrected chi connectivity index (χ2v) is 4.23. The zero-order valence-electron chi connectivity index (χ0n) is 10.6. The van der Waals surface area contributed by atoms with E-state index in [9.17, 15) is 9.59 Å². The average molecular weight is 261 g/mol. The van der Waals surface area contributed by atoms with E-state index in [1.165, 1.54) is 6.20 Å². The van der Waals surface area contributed by atoms with E-state index in [1.54, 1.807) is 12.1 Å². The van der Waals surface area contributed by atoms with Crippen molar-refractivity contribution in [3.63, 3.8) is 0 Å². The van der Waals surface area contributed by atoms with Crippen molar-refractivity contribution in [3.8, 4) is 0 Å². The Morgan fingerprint density at radius 1 is 1.32 bits per heavy atom. The molecule has 2 aromatic rings. The van der Waals surface area contributed by atoms with Gasteiger partial charge in [-0.05, 0) is 12.5 Å². The first-order valence-electron chi connectivity index (χ1n) is 6.11. The molecule has 19 heavy (non-hydrogen) atoms. The maximum atomic E-state index is 11.3. The molecule has 0 fully saturated rings. The lowest BCUT2D eigenvalue weighted by Gasteiger charge is -2.02. The van der Waals surface area contributed by atoms with Gasteiger partial charge in [-0.25, -0.2) is 4.79 Å². The summed E-state index contributed by atoms with van der Waals surface area (Å²) in [5.41, 5.74) is 1.29. The molecule has 2 rings (SSSR count). The number of fused-ring (bicyclic) bond motifs is 1. The summed E-state index contributed by atoms with van der Waals surface area (Å²) in [6, 6.07) is 7.14. The predicted octanol–water partition coefficient (Wildman–Crippen LogP) is 3.01. The summed E-state index contributed by atoms with van der Waals surface area (Å²) in [5, 5.41) is 9.90. The fourth-order valence-corrected chi connectivity index (χ4v) is 1.96. The van der Waals surface area contributed by atoms with Crippen molar-refractivity contribution in [2.75, 3.05) is 0 Å². The van der Waals surface area contributed by atoms with Gasteiger partial charge in [0.25, 0.3) is 0 Å². The lowest BCUT2D eigenvalue weighted by Crippen LogP contribution is -2.06. The number of para-hydroxylation sites is 1. The van der Waals surface area contributed by atoms with Gasteiger partial charge in [0.05, 0.1) is 5.52 Å². The van der Waals surface area contributed by atoms with Gasteiger partial charge in [-0.15, -0.1) is 0 Å². The lowest BCUT2D eigenvalue weighted by atomic mass is 10.2. The maximum Gasteiger partial charge on any atom is 0.416 e. The molecule has 1 heterocycles. The SMILES string of the molecule is CCCC(=O)OCc1cn(C(=O)O)c2ccccc12. The molecule has 0 radical (unpaired) electrons. The van der Waals surface area contributed by atoms with Gasteiger partial charge < -0.3 is 9.84 Å². The number of rotatable bonds is 4. The van der Waals surface area contributed by atoms with Gasteiger partial charge in [-0.3, -0.25) is 9.36 Å². The van der Waals surface area contributed by atoms with E-state index >= 15 is 0 Å². The Balaban J connectivity index is 2.28. The minimum Gasteiger partial charge on any atom is -0.464 e. The Morgan fingerprint density at radius 3 is 2.74 bits per heavy atom. The Morgan fingerprint density at radius 2 is 2.05 bits per heavy atom. The van der Waals surface area contributed by atoms with E-state index in [0.29, 0.717) is 17.5 Å². The van der Waals surface area contributed by atoms with Crippen LogP contribution in [0.2, 0.25) is 0 Å². The highest BCUT2D eigenvalue weighted by Gasteiger charge is 2.13. The number of benzene rings is 1. The van der Waals surface area contributed by atoms with Crippen LogP contribution in [0.4, 0.5) is 4.79 Å². The molecule has 1 aromatic carbocycles. The van der Waals surface area contributed by atoms with E-state index in [-0.39, 0.29) is 12.6 Å². The van der Waals surface area contributed by atoms with Gasteiger partial charge >= 0.3 is 12.1 Å². The number of hydrogen-bond donors (Lipinski definition) is 1. The van der Waals surface area contributed by atoms with Crippen LogP contribution < -0.4 is 0 Å². The van der Waals surface area contributed by atoms with Crippen LogP contribution in [0.1, 0.15) is 25.3 Å². The van der Waals surface area contributed by atoms with Gasteiger partial charge in [0, 0.05) is 23.6 Å². The van der Waals surface area contributed by atoms with Crippen LogP contribution in [0.25, 0.3) is 10.9 Å². The molecule has 5 nitrogen and oxygen atoms in total. The smallest absolute Gasteiger partial charge is 0.416 e. The zero-order valence-corrected chi connectivity index (χ0v) is 10.6. The van der Waals surface area contributed by atoms with Crippen molar-refractivity contribution < 1.29 is 19.4 Å². The Kier molecular flexibility index (Phi) is 3.85. The summed E-state index contributed by atoms with van der Waals surface area (Å²) in [7, 11) is 0. The third kappa shape index (κ3) is 2.76. The fraction of sp³-hybridized carbons (Fsp3) is 0.286. The summed E-state index contributed by atoms with van der Waals surface area (Å²) in [5.74, 6) is -0.269. The molecule has 0 unspecified atom stereocenters. The number of aromatic nitrogens is 1. The molecule has 0 saturated heterocycles. The van der Waals surface area contributed by atoms with Crippen LogP contribution in [-0.4, -0.2) is 21.7 Å². The van der Waals surface area contributed by atoms with Crippen molar-refractivity contribution >= 4 is 23.0 Å². The highest BCUT2D eigenvalue weighted by molar-refractivity contribution is 5.91. The van der Waals surface area contributed by atoms with Gasteiger partial charge in [0.2, 0.25) is 0 Å². The van der Waals surface area contributed by atoms with Crippen LogP contribution in [0.3, 0.4) is 0 Å². The molecule has 100 valence electrons. The highest BCUT2D eigenvalue weighted by atomic mass is 16.5. The molecular weight excluding hydrogens is 246 g/mol. The molecule has 0 amide bonds. The van der Waals surface area contributed by atoms with Gasteiger partial charge in [-0.1, -0.05) is 25.1 Å². The van der Waals surface area contributed by atoms with Crippen LogP contribution in [-0.2, 0) is 16.1 Å². The number of nitrogens with zero attached hydrogens (tertiary/aromatic N) is 1. The largest absolute Gasteiger partial charge is 0.464 e. The monoisotopic (exact) mass is 261 g/mol. The van der Waals surface area contributed by atoms with Crippen molar-refractivity contribution in [2.45, 2.75) is 26.4 Å². The van der Waals surface area contributed by atoms with E-state index in [0.717, 1.165) is 16.4 Å². The standard InChI is InChI=1S/C14H15NO4/c1-2-5-13(16)19-9-10-8-15(14(17)18)12-7-4-3-6-11(10)12/h3-4,6-8H,2,5,9H2,1H3,(H,17,18). The van der Waals surface area contributed by atoms with Crippen LogP contribution in [0.15, 0.2) is 30.5 Å². The number of carboxylic acid groups (broad SMARTS) is 1. The topological polar surface area (TPSA) is 68.5 Å². The van der Waals surface area contributed by atoms with E-state index in [2.05, 4.69) is 0 Å². The minimum atomic E-state index is -1.05. The molecule has 0 aliphatic carbocycles. The summed E-state index contributed by atoms with van der Waals surface area (Å²) < 4.78 is 6.26. The molecule has 5 heteroatoms. The van der Waals surface area contributed by atoms with Crippen LogP contribution >= 0.6 is 0 Å². The number of hydrogen-bond acceptors (Lipinski definition) is 3. The Labute approximate surface area is 110 Å². The molecule has 0 aliphatic heterocycles. The quantitative estimate of drug-likeness (QED) is 0.859. The maximum absolute atomic E-state index is 11.3. The first kappa shape index (κ1) is 13.1. The van der Waals surface area contributed by atoms with E-state index < -0.39 is 6.09 Å². The zero-order chi connectivity index (χ0) is 13.8. The van der Waals surface area contributed by atoms with Crippen molar-refractivity contribution in [3.05, 3.63) is 36.0 Å². The normalized spacial score (nSPS) is 10.6. The predicted molar refractivity (Wildman–Crippen MR) is 70.1 cm³/mol. The Bertz CT molecular complexity index is 615. The first-order valence-corrected chi connectivity index (χ1v) is 6.11. The second-order valence-electron chi connectivity index (χ2n) is 4.23. The molecule has 0 spiro atoms. The second kappa shape index (κ2) is 5.56. The van der Waals surface area contributed by atoms with E-state index in [4.69, 9.17) is 9.84 Å². The molecule has 0 atom stereocenters. The summed E-state index contributed by atoms with van der Waals surface area (Å²) in [6.07, 6.45) is 1.54. The third-order valence-corrected chi connectivity index (χ3v) is 2.84. The number of ether oxygens (including phenoxy) is 1. The molecule has 1 aromatic heterocycles. The first-order chi connectivity index (χ1) is 9.13. The number of carbonyl (C=O) groups excluding carboxylic acids is 1. The summed E-state index contributed by atoms with van der Waals surface area (Å²) in [4.78, 5) is 22.5.